The van der Waals surface area contributed by atoms with E-state index in [9.17, 15) is 4.79 Å². The Morgan fingerprint density at radius 2 is 2.29 bits per heavy atom. The summed E-state index contributed by atoms with van der Waals surface area (Å²) >= 11 is 0. The molecule has 98 valence electrons. The van der Waals surface area contributed by atoms with E-state index >= 15 is 0 Å². The summed E-state index contributed by atoms with van der Waals surface area (Å²) in [6.07, 6.45) is 2.76. The van der Waals surface area contributed by atoms with Crippen LogP contribution in [0.2, 0.25) is 0 Å². The van der Waals surface area contributed by atoms with Gasteiger partial charge in [-0.3, -0.25) is 4.79 Å². The highest BCUT2D eigenvalue weighted by Gasteiger charge is 2.18. The molecule has 0 aromatic rings. The van der Waals surface area contributed by atoms with E-state index in [1.54, 1.807) is 0 Å². The van der Waals surface area contributed by atoms with Gasteiger partial charge in [-0.2, -0.15) is 0 Å². The molecule has 5 heteroatoms. The topological polar surface area (TPSA) is 53.9 Å². The van der Waals surface area contributed by atoms with Gasteiger partial charge in [-0.15, -0.1) is 0 Å². The molecular weight excluding hydrogens is 218 g/mol. The molecule has 1 fully saturated rings. The molecule has 0 bridgehead atoms. The molecule has 1 amide bonds. The minimum atomic E-state index is 0.307. The zero-order chi connectivity index (χ0) is 12.5. The Morgan fingerprint density at radius 1 is 1.47 bits per heavy atom. The number of nitrogens with zero attached hydrogens (tertiary/aromatic N) is 2. The monoisotopic (exact) mass is 241 g/mol. The molecule has 5 nitrogen and oxygen atoms in total. The second kappa shape index (κ2) is 8.06. The largest absolute Gasteiger partial charge is 0.395 e. The van der Waals surface area contributed by atoms with Crippen LogP contribution in [-0.2, 0) is 9.63 Å². The first-order chi connectivity index (χ1) is 8.20. The quantitative estimate of drug-likeness (QED) is 0.392. The van der Waals surface area contributed by atoms with Crippen LogP contribution in [0.25, 0.3) is 0 Å². The SMILES string of the molecule is CC(C)=NOCCNCCCN1CCCC1=O. The van der Waals surface area contributed by atoms with Gasteiger partial charge in [-0.1, -0.05) is 5.16 Å². The predicted octanol–water partition coefficient (Wildman–Crippen LogP) is 1.00. The lowest BCUT2D eigenvalue weighted by atomic mass is 10.4. The number of hydrogen-bond acceptors (Lipinski definition) is 4. The van der Waals surface area contributed by atoms with Gasteiger partial charge in [0.05, 0.1) is 5.71 Å². The molecule has 17 heavy (non-hydrogen) atoms. The molecule has 1 aliphatic heterocycles. The van der Waals surface area contributed by atoms with Gasteiger partial charge >= 0.3 is 0 Å². The number of amides is 1. The van der Waals surface area contributed by atoms with Crippen LogP contribution in [0, 0.1) is 0 Å². The molecule has 0 atom stereocenters. The average molecular weight is 241 g/mol. The van der Waals surface area contributed by atoms with Crippen molar-refractivity contribution < 1.29 is 9.63 Å². The Morgan fingerprint density at radius 3 is 2.94 bits per heavy atom. The summed E-state index contributed by atoms with van der Waals surface area (Å²) in [7, 11) is 0. The Labute approximate surface area is 103 Å². The van der Waals surface area contributed by atoms with E-state index in [2.05, 4.69) is 10.5 Å². The Kier molecular flexibility index (Phi) is 6.62. The first kappa shape index (κ1) is 14.0. The smallest absolute Gasteiger partial charge is 0.222 e. The summed E-state index contributed by atoms with van der Waals surface area (Å²) < 4.78 is 0. The molecule has 1 saturated heterocycles. The van der Waals surface area contributed by atoms with Crippen molar-refractivity contribution in [3.8, 4) is 0 Å². The van der Waals surface area contributed by atoms with E-state index in [-0.39, 0.29) is 0 Å². The van der Waals surface area contributed by atoms with E-state index in [0.29, 0.717) is 12.5 Å². The van der Waals surface area contributed by atoms with Crippen LogP contribution in [0.1, 0.15) is 33.1 Å². The molecule has 0 unspecified atom stereocenters. The van der Waals surface area contributed by atoms with E-state index in [1.165, 1.54) is 0 Å². The van der Waals surface area contributed by atoms with Gasteiger partial charge < -0.3 is 15.1 Å². The highest BCUT2D eigenvalue weighted by Crippen LogP contribution is 2.09. The lowest BCUT2D eigenvalue weighted by Crippen LogP contribution is -2.29. The van der Waals surface area contributed by atoms with Gasteiger partial charge in [0.15, 0.2) is 0 Å². The molecule has 0 aromatic carbocycles. The Bertz CT molecular complexity index is 262. The summed E-state index contributed by atoms with van der Waals surface area (Å²) in [6.45, 7) is 7.92. The molecule has 0 saturated carbocycles. The molecule has 1 heterocycles. The zero-order valence-electron chi connectivity index (χ0n) is 10.9. The van der Waals surface area contributed by atoms with Gasteiger partial charge in [0.2, 0.25) is 5.91 Å². The third kappa shape index (κ3) is 6.26. The molecule has 0 aromatic heterocycles. The highest BCUT2D eigenvalue weighted by atomic mass is 16.6. The maximum Gasteiger partial charge on any atom is 0.222 e. The maximum atomic E-state index is 11.3. The van der Waals surface area contributed by atoms with Crippen LogP contribution < -0.4 is 5.32 Å². The number of rotatable bonds is 8. The molecule has 0 aliphatic carbocycles. The standard InChI is InChI=1S/C12H23N3O2/c1-11(2)14-17-10-7-13-6-4-9-15-8-3-5-12(15)16/h13H,3-10H2,1-2H3. The lowest BCUT2D eigenvalue weighted by molar-refractivity contribution is -0.127. The molecule has 1 N–H and O–H groups in total. The average Bonchev–Trinajstić information content (AvgIpc) is 2.68. The van der Waals surface area contributed by atoms with Crippen LogP contribution >= 0.6 is 0 Å². The van der Waals surface area contributed by atoms with Gasteiger partial charge in [0.1, 0.15) is 6.61 Å². The van der Waals surface area contributed by atoms with Gasteiger partial charge in [0.25, 0.3) is 0 Å². The molecule has 1 aliphatic rings. The lowest BCUT2D eigenvalue weighted by Gasteiger charge is -2.15. The summed E-state index contributed by atoms with van der Waals surface area (Å²) in [5, 5.41) is 7.10. The van der Waals surface area contributed by atoms with Crippen molar-refractivity contribution in [3.63, 3.8) is 0 Å². The second-order valence-corrected chi connectivity index (χ2v) is 4.46. The second-order valence-electron chi connectivity index (χ2n) is 4.46. The van der Waals surface area contributed by atoms with E-state index < -0.39 is 0 Å². The molecule has 0 spiro atoms. The summed E-state index contributed by atoms with van der Waals surface area (Å²) in [4.78, 5) is 18.3. The van der Waals surface area contributed by atoms with E-state index in [4.69, 9.17) is 4.84 Å². The fourth-order valence-electron chi connectivity index (χ4n) is 1.75. The molecular formula is C12H23N3O2. The van der Waals surface area contributed by atoms with Crippen LogP contribution in [0.3, 0.4) is 0 Å². The van der Waals surface area contributed by atoms with Crippen molar-refractivity contribution in [2.45, 2.75) is 33.1 Å². The Hall–Kier alpha value is -1.10. The Balaban J connectivity index is 1.87. The minimum Gasteiger partial charge on any atom is -0.395 e. The number of carbonyl (C=O) groups excluding carboxylic acids is 1. The number of nitrogens with one attached hydrogen (secondary N) is 1. The van der Waals surface area contributed by atoms with Gasteiger partial charge in [0, 0.05) is 26.1 Å². The van der Waals surface area contributed by atoms with E-state index in [0.717, 1.165) is 51.2 Å². The minimum absolute atomic E-state index is 0.307. The summed E-state index contributed by atoms with van der Waals surface area (Å²) in [6, 6.07) is 0. The summed E-state index contributed by atoms with van der Waals surface area (Å²) in [5.74, 6) is 0.307. The van der Waals surface area contributed by atoms with Crippen molar-refractivity contribution in [2.75, 3.05) is 32.8 Å². The van der Waals surface area contributed by atoms with E-state index in [1.807, 2.05) is 18.7 Å². The van der Waals surface area contributed by atoms with Crippen molar-refractivity contribution >= 4 is 11.6 Å². The zero-order valence-corrected chi connectivity index (χ0v) is 10.9. The normalized spacial score (nSPS) is 15.2. The number of likely N-dealkylation sites (tertiary alicyclic amines) is 1. The van der Waals surface area contributed by atoms with Crippen LogP contribution in [0.15, 0.2) is 5.16 Å². The van der Waals surface area contributed by atoms with Crippen molar-refractivity contribution in [2.24, 2.45) is 5.16 Å². The fraction of sp³-hybridized carbons (Fsp3) is 0.833. The maximum absolute atomic E-state index is 11.3. The van der Waals surface area contributed by atoms with Gasteiger partial charge in [-0.05, 0) is 33.2 Å². The predicted molar refractivity (Wildman–Crippen MR) is 68.0 cm³/mol. The van der Waals surface area contributed by atoms with Crippen LogP contribution in [-0.4, -0.2) is 49.3 Å². The van der Waals surface area contributed by atoms with Crippen LogP contribution in [0.4, 0.5) is 0 Å². The van der Waals surface area contributed by atoms with Crippen molar-refractivity contribution in [1.29, 1.82) is 0 Å². The third-order valence-electron chi connectivity index (χ3n) is 2.57. The third-order valence-corrected chi connectivity index (χ3v) is 2.57. The van der Waals surface area contributed by atoms with Crippen LogP contribution in [0.5, 0.6) is 0 Å². The fourth-order valence-corrected chi connectivity index (χ4v) is 1.75. The number of hydrogen-bond donors (Lipinski definition) is 1. The van der Waals surface area contributed by atoms with Crippen molar-refractivity contribution in [3.05, 3.63) is 0 Å². The summed E-state index contributed by atoms with van der Waals surface area (Å²) in [5.41, 5.74) is 0.928. The first-order valence-corrected chi connectivity index (χ1v) is 6.32. The molecule has 1 rings (SSSR count). The number of oxime groups is 1. The highest BCUT2D eigenvalue weighted by molar-refractivity contribution is 5.78. The van der Waals surface area contributed by atoms with Gasteiger partial charge in [-0.25, -0.2) is 0 Å². The first-order valence-electron chi connectivity index (χ1n) is 6.32. The van der Waals surface area contributed by atoms with Crippen molar-refractivity contribution in [1.82, 2.24) is 10.2 Å². The number of carbonyl (C=O) groups is 1. The molecule has 0 radical (unpaired) electrons.